The van der Waals surface area contributed by atoms with Crippen LogP contribution in [0.5, 0.6) is 5.75 Å². The molecule has 1 heterocycles. The molecule has 1 aliphatic rings. The Balaban J connectivity index is 1.67. The minimum absolute atomic E-state index is 0.226. The van der Waals surface area contributed by atoms with Crippen molar-refractivity contribution in [2.45, 2.75) is 18.9 Å². The molecule has 2 rings (SSSR count). The molecule has 1 aromatic carbocycles. The van der Waals surface area contributed by atoms with E-state index >= 15 is 0 Å². The summed E-state index contributed by atoms with van der Waals surface area (Å²) in [6.07, 6.45) is 1.17. The zero-order valence-electron chi connectivity index (χ0n) is 10.1. The van der Waals surface area contributed by atoms with Crippen molar-refractivity contribution in [3.63, 3.8) is 0 Å². The lowest BCUT2D eigenvalue weighted by Gasteiger charge is -2.24. The van der Waals surface area contributed by atoms with E-state index in [0.717, 1.165) is 30.4 Å². The highest BCUT2D eigenvalue weighted by atomic mass is 35.5. The molecule has 0 spiro atoms. The van der Waals surface area contributed by atoms with E-state index in [2.05, 4.69) is 17.6 Å². The van der Waals surface area contributed by atoms with Gasteiger partial charge in [0.2, 0.25) is 0 Å². The normalized spacial score (nSPS) is 23.9. The Labute approximate surface area is 107 Å². The van der Waals surface area contributed by atoms with Crippen LogP contribution in [-0.4, -0.2) is 31.8 Å². The summed E-state index contributed by atoms with van der Waals surface area (Å²) in [5, 5.41) is 7.62. The average Bonchev–Trinajstić information content (AvgIpc) is 2.74. The number of hydrogen-bond donors (Lipinski definition) is 2. The number of halogens is 1. The average molecular weight is 255 g/mol. The first-order chi connectivity index (χ1) is 8.18. The van der Waals surface area contributed by atoms with Crippen LogP contribution < -0.4 is 15.4 Å². The van der Waals surface area contributed by atoms with Gasteiger partial charge in [0, 0.05) is 23.7 Å². The third-order valence-corrected chi connectivity index (χ3v) is 3.36. The van der Waals surface area contributed by atoms with Gasteiger partial charge in [0.25, 0.3) is 0 Å². The Hall–Kier alpha value is -0.770. The van der Waals surface area contributed by atoms with Crippen molar-refractivity contribution >= 4 is 11.6 Å². The quantitative estimate of drug-likeness (QED) is 0.790. The molecular weight excluding hydrogens is 236 g/mol. The lowest BCUT2D eigenvalue weighted by Crippen LogP contribution is -2.45. The summed E-state index contributed by atoms with van der Waals surface area (Å²) in [5.74, 6) is 0.867. The first-order valence-corrected chi connectivity index (χ1v) is 6.40. The summed E-state index contributed by atoms with van der Waals surface area (Å²) in [7, 11) is 0. The topological polar surface area (TPSA) is 33.3 Å². The third-order valence-electron chi connectivity index (χ3n) is 3.10. The van der Waals surface area contributed by atoms with Crippen molar-refractivity contribution in [3.8, 4) is 5.75 Å². The predicted molar refractivity (Wildman–Crippen MR) is 70.8 cm³/mol. The Morgan fingerprint density at radius 3 is 2.82 bits per heavy atom. The Kier molecular flexibility index (Phi) is 4.26. The largest absolute Gasteiger partial charge is 0.492 e. The molecule has 1 aromatic rings. The molecule has 0 aliphatic carbocycles. The Bertz CT molecular complexity index is 347. The SMILES string of the molecule is CC1(NCCOc2ccc(Cl)cc2)CCNC1. The molecular formula is C13H19ClN2O. The van der Waals surface area contributed by atoms with Crippen LogP contribution in [0.15, 0.2) is 24.3 Å². The van der Waals surface area contributed by atoms with Crippen LogP contribution in [0.3, 0.4) is 0 Å². The number of hydrogen-bond acceptors (Lipinski definition) is 3. The second kappa shape index (κ2) is 5.71. The summed E-state index contributed by atoms with van der Waals surface area (Å²) in [6.45, 7) is 5.92. The number of ether oxygens (including phenoxy) is 1. The molecule has 1 aliphatic heterocycles. The number of rotatable bonds is 5. The van der Waals surface area contributed by atoms with Gasteiger partial charge in [0.1, 0.15) is 12.4 Å². The monoisotopic (exact) mass is 254 g/mol. The van der Waals surface area contributed by atoms with Crippen LogP contribution in [0.4, 0.5) is 0 Å². The molecule has 4 heteroatoms. The molecule has 94 valence electrons. The van der Waals surface area contributed by atoms with E-state index < -0.39 is 0 Å². The molecule has 1 atom stereocenters. The van der Waals surface area contributed by atoms with Gasteiger partial charge in [-0.1, -0.05) is 11.6 Å². The zero-order chi connectivity index (χ0) is 12.1. The molecule has 0 bridgehead atoms. The lowest BCUT2D eigenvalue weighted by atomic mass is 10.0. The van der Waals surface area contributed by atoms with E-state index in [0.29, 0.717) is 6.61 Å². The van der Waals surface area contributed by atoms with E-state index in [4.69, 9.17) is 16.3 Å². The van der Waals surface area contributed by atoms with E-state index in [1.807, 2.05) is 24.3 Å². The molecule has 3 nitrogen and oxygen atoms in total. The standard InChI is InChI=1S/C13H19ClN2O/c1-13(6-7-15-10-13)16-8-9-17-12-4-2-11(14)3-5-12/h2-5,15-16H,6-10H2,1H3. The highest BCUT2D eigenvalue weighted by Gasteiger charge is 2.27. The Morgan fingerprint density at radius 2 is 2.18 bits per heavy atom. The van der Waals surface area contributed by atoms with Gasteiger partial charge in [-0.05, 0) is 44.2 Å². The summed E-state index contributed by atoms with van der Waals surface area (Å²) in [5.41, 5.74) is 0.226. The molecule has 0 aromatic heterocycles. The molecule has 1 fully saturated rings. The van der Waals surface area contributed by atoms with Crippen LogP contribution in [0.25, 0.3) is 0 Å². The van der Waals surface area contributed by atoms with Crippen molar-refractivity contribution in [2.75, 3.05) is 26.2 Å². The summed E-state index contributed by atoms with van der Waals surface area (Å²) in [4.78, 5) is 0. The summed E-state index contributed by atoms with van der Waals surface area (Å²) < 4.78 is 5.62. The van der Waals surface area contributed by atoms with Gasteiger partial charge in [0.15, 0.2) is 0 Å². The number of benzene rings is 1. The Morgan fingerprint density at radius 1 is 1.41 bits per heavy atom. The second-order valence-corrected chi connectivity index (χ2v) is 5.15. The second-order valence-electron chi connectivity index (χ2n) is 4.72. The van der Waals surface area contributed by atoms with Gasteiger partial charge in [-0.3, -0.25) is 0 Å². The molecule has 0 saturated carbocycles. The first kappa shape index (κ1) is 12.7. The van der Waals surface area contributed by atoms with Crippen molar-refractivity contribution in [2.24, 2.45) is 0 Å². The van der Waals surface area contributed by atoms with Crippen LogP contribution in [-0.2, 0) is 0 Å². The lowest BCUT2D eigenvalue weighted by molar-refractivity contribution is 0.283. The van der Waals surface area contributed by atoms with Gasteiger partial charge in [0.05, 0.1) is 0 Å². The van der Waals surface area contributed by atoms with Gasteiger partial charge in [-0.25, -0.2) is 0 Å². The van der Waals surface area contributed by atoms with Crippen molar-refractivity contribution < 1.29 is 4.74 Å². The summed E-state index contributed by atoms with van der Waals surface area (Å²) in [6, 6.07) is 7.46. The highest BCUT2D eigenvalue weighted by molar-refractivity contribution is 6.30. The van der Waals surface area contributed by atoms with Crippen molar-refractivity contribution in [1.82, 2.24) is 10.6 Å². The fourth-order valence-electron chi connectivity index (χ4n) is 2.02. The van der Waals surface area contributed by atoms with Crippen LogP contribution in [0.2, 0.25) is 5.02 Å². The maximum atomic E-state index is 5.80. The highest BCUT2D eigenvalue weighted by Crippen LogP contribution is 2.15. The summed E-state index contributed by atoms with van der Waals surface area (Å²) >= 11 is 5.80. The van der Waals surface area contributed by atoms with Gasteiger partial charge >= 0.3 is 0 Å². The molecule has 0 radical (unpaired) electrons. The fraction of sp³-hybridized carbons (Fsp3) is 0.538. The van der Waals surface area contributed by atoms with E-state index in [1.165, 1.54) is 6.42 Å². The molecule has 1 unspecified atom stereocenters. The molecule has 17 heavy (non-hydrogen) atoms. The van der Waals surface area contributed by atoms with Crippen LogP contribution in [0.1, 0.15) is 13.3 Å². The molecule has 1 saturated heterocycles. The molecule has 2 N–H and O–H groups in total. The fourth-order valence-corrected chi connectivity index (χ4v) is 2.15. The van der Waals surface area contributed by atoms with Crippen molar-refractivity contribution in [3.05, 3.63) is 29.3 Å². The maximum Gasteiger partial charge on any atom is 0.119 e. The first-order valence-electron chi connectivity index (χ1n) is 6.02. The predicted octanol–water partition coefficient (Wildman–Crippen LogP) is 2.06. The maximum absolute atomic E-state index is 5.80. The van der Waals surface area contributed by atoms with E-state index in [-0.39, 0.29) is 5.54 Å². The van der Waals surface area contributed by atoms with E-state index in [1.54, 1.807) is 0 Å². The van der Waals surface area contributed by atoms with Crippen LogP contribution in [0, 0.1) is 0 Å². The smallest absolute Gasteiger partial charge is 0.119 e. The van der Waals surface area contributed by atoms with Gasteiger partial charge in [-0.15, -0.1) is 0 Å². The third kappa shape index (κ3) is 3.87. The minimum Gasteiger partial charge on any atom is -0.492 e. The minimum atomic E-state index is 0.226. The zero-order valence-corrected chi connectivity index (χ0v) is 10.9. The van der Waals surface area contributed by atoms with Crippen molar-refractivity contribution in [1.29, 1.82) is 0 Å². The van der Waals surface area contributed by atoms with Gasteiger partial charge < -0.3 is 15.4 Å². The molecule has 0 amide bonds. The number of nitrogens with one attached hydrogen (secondary N) is 2. The van der Waals surface area contributed by atoms with E-state index in [9.17, 15) is 0 Å². The van der Waals surface area contributed by atoms with Crippen LogP contribution >= 0.6 is 11.6 Å². The van der Waals surface area contributed by atoms with Gasteiger partial charge in [-0.2, -0.15) is 0 Å².